The van der Waals surface area contributed by atoms with Crippen LogP contribution in [0.4, 0.5) is 0 Å². The summed E-state index contributed by atoms with van der Waals surface area (Å²) in [5.74, 6) is 0. The van der Waals surface area contributed by atoms with Crippen molar-refractivity contribution in [3.8, 4) is 0 Å². The molecule has 0 spiro atoms. The SMILES string of the molecule is COC(CCC=CCCCCCCCCI)OC(CCC=CCCCCCCCCI)OC. The van der Waals surface area contributed by atoms with Gasteiger partial charge in [0.2, 0.25) is 0 Å². The van der Waals surface area contributed by atoms with Gasteiger partial charge < -0.3 is 14.2 Å². The predicted octanol–water partition coefficient (Wildman–Crippen LogP) is 9.95. The number of unbranched alkanes of at least 4 members (excludes halogenated alkanes) is 12. The largest absolute Gasteiger partial charge is 0.356 e. The maximum atomic E-state index is 6.02. The topological polar surface area (TPSA) is 27.7 Å². The van der Waals surface area contributed by atoms with Gasteiger partial charge in [0.1, 0.15) is 0 Å². The van der Waals surface area contributed by atoms with E-state index in [2.05, 4.69) is 69.5 Å². The van der Waals surface area contributed by atoms with Gasteiger partial charge in [0.15, 0.2) is 12.6 Å². The molecule has 2 unspecified atom stereocenters. The summed E-state index contributed by atoms with van der Waals surface area (Å²) < 4.78 is 19.7. The zero-order valence-electron chi connectivity index (χ0n) is 21.6. The van der Waals surface area contributed by atoms with E-state index in [1.807, 2.05) is 0 Å². The first kappa shape index (κ1) is 33.8. The molecular formula is C28H52I2O3. The van der Waals surface area contributed by atoms with E-state index >= 15 is 0 Å². The second kappa shape index (κ2) is 29.1. The van der Waals surface area contributed by atoms with E-state index in [1.54, 1.807) is 14.2 Å². The highest BCUT2D eigenvalue weighted by Crippen LogP contribution is 2.14. The smallest absolute Gasteiger partial charge is 0.160 e. The van der Waals surface area contributed by atoms with Crippen molar-refractivity contribution in [2.45, 2.75) is 128 Å². The molecule has 196 valence electrons. The van der Waals surface area contributed by atoms with Crippen LogP contribution < -0.4 is 0 Å². The second-order valence-corrected chi connectivity index (χ2v) is 10.9. The van der Waals surface area contributed by atoms with Crippen LogP contribution in [-0.4, -0.2) is 35.7 Å². The van der Waals surface area contributed by atoms with Gasteiger partial charge in [-0.15, -0.1) is 0 Å². The Bertz CT molecular complexity index is 391. The molecule has 0 N–H and O–H groups in total. The Kier molecular flexibility index (Phi) is 29.8. The highest BCUT2D eigenvalue weighted by molar-refractivity contribution is 14.1. The fourth-order valence-electron chi connectivity index (χ4n) is 3.72. The summed E-state index contributed by atoms with van der Waals surface area (Å²) >= 11 is 4.94. The maximum Gasteiger partial charge on any atom is 0.160 e. The molecule has 33 heavy (non-hydrogen) atoms. The Balaban J connectivity index is 3.74. The van der Waals surface area contributed by atoms with E-state index in [9.17, 15) is 0 Å². The first-order valence-corrected chi connectivity index (χ1v) is 16.5. The van der Waals surface area contributed by atoms with Gasteiger partial charge in [0, 0.05) is 27.1 Å². The van der Waals surface area contributed by atoms with Gasteiger partial charge in [0.25, 0.3) is 0 Å². The maximum absolute atomic E-state index is 6.02. The summed E-state index contributed by atoms with van der Waals surface area (Å²) in [6.45, 7) is 0. The minimum atomic E-state index is -0.200. The number of rotatable bonds is 26. The highest BCUT2D eigenvalue weighted by Gasteiger charge is 2.14. The zero-order valence-corrected chi connectivity index (χ0v) is 25.9. The van der Waals surface area contributed by atoms with Crippen molar-refractivity contribution < 1.29 is 14.2 Å². The van der Waals surface area contributed by atoms with Gasteiger partial charge in [-0.3, -0.25) is 0 Å². The van der Waals surface area contributed by atoms with E-state index in [0.717, 1.165) is 25.7 Å². The zero-order chi connectivity index (χ0) is 24.2. The molecule has 0 aromatic heterocycles. The predicted molar refractivity (Wildman–Crippen MR) is 162 cm³/mol. The molecule has 0 rings (SSSR count). The van der Waals surface area contributed by atoms with Crippen LogP contribution in [0.15, 0.2) is 24.3 Å². The normalized spacial score (nSPS) is 13.9. The second-order valence-electron chi connectivity index (χ2n) is 8.76. The van der Waals surface area contributed by atoms with Gasteiger partial charge in [0.05, 0.1) is 0 Å². The van der Waals surface area contributed by atoms with Crippen molar-refractivity contribution in [2.75, 3.05) is 23.1 Å². The third-order valence-electron chi connectivity index (χ3n) is 5.81. The molecule has 0 saturated carbocycles. The molecule has 0 aliphatic rings. The van der Waals surface area contributed by atoms with Crippen molar-refractivity contribution >= 4 is 45.2 Å². The van der Waals surface area contributed by atoms with E-state index in [4.69, 9.17) is 14.2 Å². The molecule has 0 saturated heterocycles. The Morgan fingerprint density at radius 2 is 0.818 bits per heavy atom. The van der Waals surface area contributed by atoms with Gasteiger partial charge in [-0.25, -0.2) is 0 Å². The first-order chi connectivity index (χ1) is 16.3. The molecule has 0 heterocycles. The lowest BCUT2D eigenvalue weighted by Crippen LogP contribution is -2.25. The summed E-state index contributed by atoms with van der Waals surface area (Å²) in [6.07, 6.45) is 31.4. The fraction of sp³-hybridized carbons (Fsp3) is 0.857. The molecule has 0 fully saturated rings. The molecule has 0 radical (unpaired) electrons. The van der Waals surface area contributed by atoms with E-state index in [-0.39, 0.29) is 12.6 Å². The number of ether oxygens (including phenoxy) is 3. The van der Waals surface area contributed by atoms with Crippen LogP contribution in [0.3, 0.4) is 0 Å². The quantitative estimate of drug-likeness (QED) is 0.0298. The summed E-state index contributed by atoms with van der Waals surface area (Å²) in [5.41, 5.74) is 0. The summed E-state index contributed by atoms with van der Waals surface area (Å²) in [6, 6.07) is 0. The van der Waals surface area contributed by atoms with Crippen molar-refractivity contribution in [1.82, 2.24) is 0 Å². The average Bonchev–Trinajstić information content (AvgIpc) is 2.83. The van der Waals surface area contributed by atoms with E-state index in [0.29, 0.717) is 0 Å². The van der Waals surface area contributed by atoms with Crippen LogP contribution in [0.25, 0.3) is 0 Å². The molecule has 2 atom stereocenters. The molecule has 0 bridgehead atoms. The Morgan fingerprint density at radius 3 is 1.18 bits per heavy atom. The molecule has 0 amide bonds. The lowest BCUT2D eigenvalue weighted by Gasteiger charge is -2.22. The first-order valence-electron chi connectivity index (χ1n) is 13.4. The number of hydrogen-bond acceptors (Lipinski definition) is 3. The monoisotopic (exact) mass is 690 g/mol. The van der Waals surface area contributed by atoms with Gasteiger partial charge in [-0.2, -0.15) is 0 Å². The van der Waals surface area contributed by atoms with Crippen molar-refractivity contribution in [3.63, 3.8) is 0 Å². The van der Waals surface area contributed by atoms with E-state index in [1.165, 1.54) is 98.7 Å². The number of methoxy groups -OCH3 is 2. The lowest BCUT2D eigenvalue weighted by atomic mass is 10.1. The summed E-state index contributed by atoms with van der Waals surface area (Å²) in [4.78, 5) is 0. The fourth-order valence-corrected chi connectivity index (χ4v) is 4.79. The number of alkyl halides is 2. The van der Waals surface area contributed by atoms with Crippen LogP contribution in [0.1, 0.15) is 116 Å². The Hall–Kier alpha value is 0.820. The Morgan fingerprint density at radius 1 is 0.485 bits per heavy atom. The molecule has 3 nitrogen and oxygen atoms in total. The lowest BCUT2D eigenvalue weighted by molar-refractivity contribution is -0.232. The third-order valence-corrected chi connectivity index (χ3v) is 7.34. The van der Waals surface area contributed by atoms with Crippen LogP contribution in [0.2, 0.25) is 0 Å². The minimum absolute atomic E-state index is 0.200. The van der Waals surface area contributed by atoms with Crippen molar-refractivity contribution in [2.24, 2.45) is 0 Å². The van der Waals surface area contributed by atoms with Crippen LogP contribution >= 0.6 is 45.2 Å². The number of hydrogen-bond donors (Lipinski definition) is 0. The van der Waals surface area contributed by atoms with Crippen LogP contribution in [-0.2, 0) is 14.2 Å². The summed E-state index contributed by atoms with van der Waals surface area (Å²) in [7, 11) is 3.45. The van der Waals surface area contributed by atoms with Gasteiger partial charge in [-0.05, 0) is 60.2 Å². The third kappa shape index (κ3) is 25.7. The summed E-state index contributed by atoms with van der Waals surface area (Å²) in [5, 5.41) is 0. The average molecular weight is 691 g/mol. The highest BCUT2D eigenvalue weighted by atomic mass is 127. The standard InChI is InChI=1S/C28H52I2O3/c1-31-27(23-19-15-11-7-3-5-9-13-17-21-25-29)33-28(32-2)24-20-16-12-8-4-6-10-14-18-22-26-30/h11-12,15-16,27-28H,3-10,13-14,17-26H2,1-2H3. The molecule has 0 aliphatic heterocycles. The molecule has 0 aromatic rings. The number of allylic oxidation sites excluding steroid dienone is 4. The van der Waals surface area contributed by atoms with Crippen LogP contribution in [0, 0.1) is 0 Å². The van der Waals surface area contributed by atoms with E-state index < -0.39 is 0 Å². The van der Waals surface area contributed by atoms with Crippen molar-refractivity contribution in [1.29, 1.82) is 0 Å². The molecular weight excluding hydrogens is 638 g/mol. The van der Waals surface area contributed by atoms with Gasteiger partial charge >= 0.3 is 0 Å². The molecule has 5 heteroatoms. The van der Waals surface area contributed by atoms with Crippen molar-refractivity contribution in [3.05, 3.63) is 24.3 Å². The molecule has 0 aromatic carbocycles. The Labute approximate surface area is 233 Å². The minimum Gasteiger partial charge on any atom is -0.356 e. The van der Waals surface area contributed by atoms with Gasteiger partial charge in [-0.1, -0.05) is 121 Å². The number of halogens is 2. The molecule has 0 aliphatic carbocycles. The van der Waals surface area contributed by atoms with Crippen LogP contribution in [0.5, 0.6) is 0 Å².